The SMILES string of the molecule is CN1CCN(c2ccnc(Nc3ccc(N4CCCC4)cc3)n2)CC1. The Morgan fingerprint density at radius 3 is 2.28 bits per heavy atom. The Kier molecular flexibility index (Phi) is 4.70. The first-order chi connectivity index (χ1) is 12.3. The fourth-order valence-electron chi connectivity index (χ4n) is 3.48. The maximum Gasteiger partial charge on any atom is 0.229 e. The number of hydrogen-bond acceptors (Lipinski definition) is 6. The van der Waals surface area contributed by atoms with Crippen molar-refractivity contribution in [3.05, 3.63) is 36.5 Å². The van der Waals surface area contributed by atoms with Gasteiger partial charge in [-0.2, -0.15) is 4.98 Å². The van der Waals surface area contributed by atoms with Gasteiger partial charge in [-0.15, -0.1) is 0 Å². The highest BCUT2D eigenvalue weighted by atomic mass is 15.3. The second-order valence-corrected chi connectivity index (χ2v) is 6.89. The summed E-state index contributed by atoms with van der Waals surface area (Å²) in [6.45, 7) is 6.51. The number of hydrogen-bond donors (Lipinski definition) is 1. The molecule has 2 saturated heterocycles. The van der Waals surface area contributed by atoms with Gasteiger partial charge in [-0.1, -0.05) is 0 Å². The minimum atomic E-state index is 0.658. The zero-order valence-electron chi connectivity index (χ0n) is 14.9. The van der Waals surface area contributed by atoms with Gasteiger partial charge in [0.2, 0.25) is 5.95 Å². The fraction of sp³-hybridized carbons (Fsp3) is 0.474. The second-order valence-electron chi connectivity index (χ2n) is 6.89. The first-order valence-corrected chi connectivity index (χ1v) is 9.16. The smallest absolute Gasteiger partial charge is 0.229 e. The van der Waals surface area contributed by atoms with E-state index < -0.39 is 0 Å². The minimum absolute atomic E-state index is 0.658. The van der Waals surface area contributed by atoms with Gasteiger partial charge in [-0.05, 0) is 50.2 Å². The Labute approximate surface area is 149 Å². The quantitative estimate of drug-likeness (QED) is 0.925. The van der Waals surface area contributed by atoms with E-state index in [0.29, 0.717) is 5.95 Å². The number of piperazine rings is 1. The van der Waals surface area contributed by atoms with Gasteiger partial charge in [0.15, 0.2) is 0 Å². The molecule has 2 aromatic rings. The molecule has 0 spiro atoms. The highest BCUT2D eigenvalue weighted by molar-refractivity contribution is 5.60. The lowest BCUT2D eigenvalue weighted by atomic mass is 10.2. The first kappa shape index (κ1) is 16.1. The molecule has 0 bridgehead atoms. The number of anilines is 4. The number of likely N-dealkylation sites (N-methyl/N-ethyl adjacent to an activating group) is 1. The molecule has 0 aliphatic carbocycles. The molecular formula is C19H26N6. The molecule has 4 rings (SSSR count). The second kappa shape index (κ2) is 7.27. The summed E-state index contributed by atoms with van der Waals surface area (Å²) < 4.78 is 0. The normalized spacial score (nSPS) is 18.6. The molecule has 0 atom stereocenters. The molecule has 0 radical (unpaired) electrons. The third-order valence-electron chi connectivity index (χ3n) is 5.06. The van der Waals surface area contributed by atoms with E-state index in [1.54, 1.807) is 0 Å². The average molecular weight is 338 g/mol. The molecule has 3 heterocycles. The Balaban J connectivity index is 1.43. The lowest BCUT2D eigenvalue weighted by molar-refractivity contribution is 0.312. The molecule has 0 amide bonds. The first-order valence-electron chi connectivity index (χ1n) is 9.16. The molecule has 1 aromatic heterocycles. The van der Waals surface area contributed by atoms with Crippen LogP contribution in [0.25, 0.3) is 0 Å². The van der Waals surface area contributed by atoms with Crippen LogP contribution < -0.4 is 15.1 Å². The van der Waals surface area contributed by atoms with Crippen LogP contribution in [0.15, 0.2) is 36.5 Å². The zero-order chi connectivity index (χ0) is 17.1. The summed E-state index contributed by atoms with van der Waals surface area (Å²) >= 11 is 0. The van der Waals surface area contributed by atoms with Gasteiger partial charge >= 0.3 is 0 Å². The van der Waals surface area contributed by atoms with E-state index in [1.807, 2.05) is 12.3 Å². The van der Waals surface area contributed by atoms with Crippen LogP contribution in [-0.2, 0) is 0 Å². The summed E-state index contributed by atoms with van der Waals surface area (Å²) in [6.07, 6.45) is 4.43. The third kappa shape index (κ3) is 3.85. The predicted molar refractivity (Wildman–Crippen MR) is 103 cm³/mol. The van der Waals surface area contributed by atoms with Crippen molar-refractivity contribution in [2.24, 2.45) is 0 Å². The van der Waals surface area contributed by atoms with Crippen molar-refractivity contribution in [3.8, 4) is 0 Å². The van der Waals surface area contributed by atoms with Crippen molar-refractivity contribution >= 4 is 23.1 Å². The van der Waals surface area contributed by atoms with E-state index >= 15 is 0 Å². The molecule has 2 fully saturated rings. The molecule has 0 unspecified atom stereocenters. The number of benzene rings is 1. The zero-order valence-corrected chi connectivity index (χ0v) is 14.9. The molecule has 2 aliphatic heterocycles. The van der Waals surface area contributed by atoms with Gasteiger partial charge in [0, 0.05) is 56.8 Å². The summed E-state index contributed by atoms with van der Waals surface area (Å²) in [5, 5.41) is 3.33. The van der Waals surface area contributed by atoms with Gasteiger partial charge in [0.05, 0.1) is 0 Å². The molecule has 6 heteroatoms. The van der Waals surface area contributed by atoms with Gasteiger partial charge in [-0.25, -0.2) is 4.98 Å². The van der Waals surface area contributed by atoms with E-state index in [4.69, 9.17) is 4.98 Å². The minimum Gasteiger partial charge on any atom is -0.372 e. The summed E-state index contributed by atoms with van der Waals surface area (Å²) in [5.41, 5.74) is 2.33. The van der Waals surface area contributed by atoms with Crippen molar-refractivity contribution in [2.75, 3.05) is 61.4 Å². The van der Waals surface area contributed by atoms with E-state index in [0.717, 1.165) is 37.7 Å². The topological polar surface area (TPSA) is 47.5 Å². The van der Waals surface area contributed by atoms with Crippen molar-refractivity contribution in [3.63, 3.8) is 0 Å². The molecular weight excluding hydrogens is 312 g/mol. The number of nitrogens with one attached hydrogen (secondary N) is 1. The van der Waals surface area contributed by atoms with Crippen LogP contribution in [0.2, 0.25) is 0 Å². The van der Waals surface area contributed by atoms with E-state index in [2.05, 4.69) is 56.3 Å². The van der Waals surface area contributed by atoms with Crippen LogP contribution in [0.4, 0.5) is 23.1 Å². The van der Waals surface area contributed by atoms with Crippen LogP contribution in [0.3, 0.4) is 0 Å². The lowest BCUT2D eigenvalue weighted by Gasteiger charge is -2.33. The summed E-state index contributed by atoms with van der Waals surface area (Å²) in [5.74, 6) is 1.66. The van der Waals surface area contributed by atoms with Crippen molar-refractivity contribution in [1.82, 2.24) is 14.9 Å². The Bertz CT molecular complexity index is 687. The van der Waals surface area contributed by atoms with Crippen molar-refractivity contribution < 1.29 is 0 Å². The Hall–Kier alpha value is -2.34. The molecule has 132 valence electrons. The number of aromatic nitrogens is 2. The number of rotatable bonds is 4. The van der Waals surface area contributed by atoms with E-state index in [9.17, 15) is 0 Å². The van der Waals surface area contributed by atoms with E-state index in [-0.39, 0.29) is 0 Å². The molecule has 6 nitrogen and oxygen atoms in total. The highest BCUT2D eigenvalue weighted by Gasteiger charge is 2.16. The fourth-order valence-corrected chi connectivity index (χ4v) is 3.48. The summed E-state index contributed by atoms with van der Waals surface area (Å²) in [4.78, 5) is 16.2. The monoisotopic (exact) mass is 338 g/mol. The van der Waals surface area contributed by atoms with Gasteiger partial charge in [0.1, 0.15) is 5.82 Å². The van der Waals surface area contributed by atoms with Crippen LogP contribution in [-0.4, -0.2) is 61.2 Å². The summed E-state index contributed by atoms with van der Waals surface area (Å²) in [7, 11) is 2.16. The largest absolute Gasteiger partial charge is 0.372 e. The number of nitrogens with zero attached hydrogens (tertiary/aromatic N) is 5. The van der Waals surface area contributed by atoms with Crippen LogP contribution in [0.5, 0.6) is 0 Å². The Morgan fingerprint density at radius 1 is 0.840 bits per heavy atom. The maximum absolute atomic E-state index is 4.69. The van der Waals surface area contributed by atoms with Crippen molar-refractivity contribution in [1.29, 1.82) is 0 Å². The van der Waals surface area contributed by atoms with Crippen LogP contribution in [0.1, 0.15) is 12.8 Å². The van der Waals surface area contributed by atoms with Gasteiger partial charge in [-0.3, -0.25) is 0 Å². The van der Waals surface area contributed by atoms with Gasteiger partial charge in [0.25, 0.3) is 0 Å². The van der Waals surface area contributed by atoms with Gasteiger partial charge < -0.3 is 20.0 Å². The predicted octanol–water partition coefficient (Wildman–Crippen LogP) is 2.57. The average Bonchev–Trinajstić information content (AvgIpc) is 3.18. The molecule has 0 saturated carbocycles. The van der Waals surface area contributed by atoms with Crippen LogP contribution >= 0.6 is 0 Å². The molecule has 1 N–H and O–H groups in total. The summed E-state index contributed by atoms with van der Waals surface area (Å²) in [6, 6.07) is 10.6. The third-order valence-corrected chi connectivity index (χ3v) is 5.06. The van der Waals surface area contributed by atoms with Crippen LogP contribution in [0, 0.1) is 0 Å². The van der Waals surface area contributed by atoms with E-state index in [1.165, 1.54) is 31.6 Å². The molecule has 2 aliphatic rings. The van der Waals surface area contributed by atoms with Crippen molar-refractivity contribution in [2.45, 2.75) is 12.8 Å². The standard InChI is InChI=1S/C19H26N6/c1-23-12-14-25(15-13-23)18-8-9-20-19(22-18)21-16-4-6-17(7-5-16)24-10-2-3-11-24/h4-9H,2-3,10-15H2,1H3,(H,20,21,22). The lowest BCUT2D eigenvalue weighted by Crippen LogP contribution is -2.44. The molecule has 25 heavy (non-hydrogen) atoms. The molecule has 1 aromatic carbocycles. The maximum atomic E-state index is 4.69. The Morgan fingerprint density at radius 2 is 1.56 bits per heavy atom. The highest BCUT2D eigenvalue weighted by Crippen LogP contribution is 2.23.